The Bertz CT molecular complexity index is 1060. The van der Waals surface area contributed by atoms with E-state index < -0.39 is 0 Å². The van der Waals surface area contributed by atoms with E-state index in [4.69, 9.17) is 16.3 Å². The molecule has 0 unspecified atom stereocenters. The molecule has 0 fully saturated rings. The zero-order valence-electron chi connectivity index (χ0n) is 17.1. The van der Waals surface area contributed by atoms with Crippen LogP contribution < -0.4 is 9.64 Å². The SMILES string of the molecule is Cc1cc(N2Cc3cc(-c4ccc(Cl)cc4)sc3C2=O)ccc1OCC(C)(C)C. The topological polar surface area (TPSA) is 29.5 Å². The van der Waals surface area contributed by atoms with Crippen LogP contribution in [0.15, 0.2) is 48.5 Å². The second kappa shape index (κ2) is 7.51. The van der Waals surface area contributed by atoms with E-state index in [1.165, 1.54) is 0 Å². The van der Waals surface area contributed by atoms with E-state index in [0.717, 1.165) is 37.9 Å². The Morgan fingerprint density at radius 2 is 1.83 bits per heavy atom. The summed E-state index contributed by atoms with van der Waals surface area (Å²) in [6.07, 6.45) is 0. The minimum atomic E-state index is 0.0629. The summed E-state index contributed by atoms with van der Waals surface area (Å²) in [5, 5.41) is 0.713. The minimum Gasteiger partial charge on any atom is -0.493 e. The van der Waals surface area contributed by atoms with Gasteiger partial charge in [-0.25, -0.2) is 0 Å². The molecule has 1 aromatic heterocycles. The van der Waals surface area contributed by atoms with Gasteiger partial charge in [-0.15, -0.1) is 11.3 Å². The first kappa shape index (κ1) is 20.0. The summed E-state index contributed by atoms with van der Waals surface area (Å²) in [7, 11) is 0. The van der Waals surface area contributed by atoms with Gasteiger partial charge >= 0.3 is 0 Å². The van der Waals surface area contributed by atoms with Crippen molar-refractivity contribution in [1.82, 2.24) is 0 Å². The Balaban J connectivity index is 1.53. The molecule has 1 amide bonds. The predicted octanol–water partition coefficient (Wildman–Crippen LogP) is 6.96. The Morgan fingerprint density at radius 3 is 2.45 bits per heavy atom. The maximum absolute atomic E-state index is 13.0. The molecule has 2 aromatic carbocycles. The lowest BCUT2D eigenvalue weighted by Crippen LogP contribution is -2.23. The van der Waals surface area contributed by atoms with Crippen LogP contribution in [0.25, 0.3) is 10.4 Å². The van der Waals surface area contributed by atoms with E-state index in [0.29, 0.717) is 18.2 Å². The average molecular weight is 426 g/mol. The van der Waals surface area contributed by atoms with Gasteiger partial charge in [0.2, 0.25) is 0 Å². The van der Waals surface area contributed by atoms with Crippen LogP contribution in [0, 0.1) is 12.3 Å². The number of anilines is 1. The quantitative estimate of drug-likeness (QED) is 0.452. The van der Waals surface area contributed by atoms with E-state index in [-0.39, 0.29) is 11.3 Å². The standard InChI is InChI=1S/C24H24ClNO2S/c1-15-11-19(9-10-20(15)28-14-24(2,3)4)26-13-17-12-21(29-22(17)23(26)27)16-5-7-18(25)8-6-16/h5-12H,13-14H2,1-4H3. The van der Waals surface area contributed by atoms with Gasteiger partial charge in [0.1, 0.15) is 5.75 Å². The van der Waals surface area contributed by atoms with Crippen LogP contribution in [0.1, 0.15) is 41.6 Å². The lowest BCUT2D eigenvalue weighted by Gasteiger charge is -2.21. The summed E-state index contributed by atoms with van der Waals surface area (Å²) in [4.78, 5) is 16.8. The number of hydrogen-bond donors (Lipinski definition) is 0. The zero-order chi connectivity index (χ0) is 20.8. The molecule has 0 N–H and O–H groups in total. The number of amides is 1. The van der Waals surface area contributed by atoms with Crippen LogP contribution in [-0.2, 0) is 6.54 Å². The summed E-state index contributed by atoms with van der Waals surface area (Å²) in [6, 6.07) is 15.8. The third-order valence-corrected chi connectivity index (χ3v) is 6.30. The largest absolute Gasteiger partial charge is 0.493 e. The number of hydrogen-bond acceptors (Lipinski definition) is 3. The number of halogens is 1. The van der Waals surface area contributed by atoms with Crippen molar-refractivity contribution in [3.63, 3.8) is 0 Å². The lowest BCUT2D eigenvalue weighted by atomic mass is 9.98. The number of aryl methyl sites for hydroxylation is 1. The number of carbonyl (C=O) groups excluding carboxylic acids is 1. The Hall–Kier alpha value is -2.30. The fourth-order valence-corrected chi connectivity index (χ4v) is 4.57. The van der Waals surface area contributed by atoms with E-state index >= 15 is 0 Å². The van der Waals surface area contributed by atoms with Crippen molar-refractivity contribution in [3.8, 4) is 16.2 Å². The molecule has 4 rings (SSSR count). The van der Waals surface area contributed by atoms with Crippen molar-refractivity contribution >= 4 is 34.5 Å². The second-order valence-corrected chi connectivity index (χ2v) is 10.2. The molecule has 3 nitrogen and oxygen atoms in total. The zero-order valence-corrected chi connectivity index (χ0v) is 18.7. The van der Waals surface area contributed by atoms with Gasteiger partial charge in [-0.05, 0) is 65.4 Å². The molecule has 1 aliphatic heterocycles. The fourth-order valence-electron chi connectivity index (χ4n) is 3.31. The summed E-state index contributed by atoms with van der Waals surface area (Å²) in [6.45, 7) is 9.72. The van der Waals surface area contributed by atoms with Gasteiger partial charge < -0.3 is 9.64 Å². The fraction of sp³-hybridized carbons (Fsp3) is 0.292. The highest BCUT2D eigenvalue weighted by atomic mass is 35.5. The Kier molecular flexibility index (Phi) is 5.18. The maximum Gasteiger partial charge on any atom is 0.269 e. The van der Waals surface area contributed by atoms with Crippen LogP contribution in [-0.4, -0.2) is 12.5 Å². The normalized spacial score (nSPS) is 13.7. The van der Waals surface area contributed by atoms with Gasteiger partial charge in [0.25, 0.3) is 5.91 Å². The highest BCUT2D eigenvalue weighted by molar-refractivity contribution is 7.17. The molecule has 0 atom stereocenters. The Morgan fingerprint density at radius 1 is 1.10 bits per heavy atom. The minimum absolute atomic E-state index is 0.0629. The van der Waals surface area contributed by atoms with E-state index in [1.54, 1.807) is 11.3 Å². The monoisotopic (exact) mass is 425 g/mol. The summed E-state index contributed by atoms with van der Waals surface area (Å²) >= 11 is 7.53. The van der Waals surface area contributed by atoms with E-state index in [2.05, 4.69) is 26.8 Å². The Labute approximate surface area is 180 Å². The molecule has 0 spiro atoms. The number of ether oxygens (including phenoxy) is 1. The van der Waals surface area contributed by atoms with Crippen LogP contribution in [0.4, 0.5) is 5.69 Å². The highest BCUT2D eigenvalue weighted by Gasteiger charge is 2.31. The molecule has 0 aliphatic carbocycles. The molecule has 0 saturated heterocycles. The van der Waals surface area contributed by atoms with Crippen LogP contribution in [0.3, 0.4) is 0 Å². The number of fused-ring (bicyclic) bond motifs is 1. The van der Waals surface area contributed by atoms with E-state index in [1.807, 2.05) is 54.3 Å². The molecule has 2 heterocycles. The lowest BCUT2D eigenvalue weighted by molar-refractivity contribution is 0.1000. The number of carbonyl (C=O) groups is 1. The molecule has 5 heteroatoms. The molecule has 1 aliphatic rings. The smallest absolute Gasteiger partial charge is 0.269 e. The number of nitrogens with zero attached hydrogens (tertiary/aromatic N) is 1. The molecule has 0 radical (unpaired) electrons. The first-order valence-electron chi connectivity index (χ1n) is 9.65. The first-order valence-corrected chi connectivity index (χ1v) is 10.8. The molecule has 0 bridgehead atoms. The summed E-state index contributed by atoms with van der Waals surface area (Å²) < 4.78 is 5.95. The van der Waals surface area contributed by atoms with Crippen molar-refractivity contribution in [2.24, 2.45) is 5.41 Å². The highest BCUT2D eigenvalue weighted by Crippen LogP contribution is 2.39. The van der Waals surface area contributed by atoms with E-state index in [9.17, 15) is 4.79 Å². The van der Waals surface area contributed by atoms with Gasteiger partial charge in [-0.2, -0.15) is 0 Å². The molecule has 0 saturated carbocycles. The third-order valence-electron chi connectivity index (χ3n) is 4.84. The van der Waals surface area contributed by atoms with Crippen molar-refractivity contribution in [1.29, 1.82) is 0 Å². The van der Waals surface area contributed by atoms with Gasteiger partial charge in [0.15, 0.2) is 0 Å². The second-order valence-electron chi connectivity index (χ2n) is 8.66. The third kappa shape index (κ3) is 4.19. The van der Waals surface area contributed by atoms with Crippen LogP contribution >= 0.6 is 22.9 Å². The average Bonchev–Trinajstić information content (AvgIpc) is 3.20. The summed E-state index contributed by atoms with van der Waals surface area (Å²) in [5.41, 5.74) is 4.22. The van der Waals surface area contributed by atoms with Gasteiger partial charge in [-0.3, -0.25) is 4.79 Å². The van der Waals surface area contributed by atoms with Gasteiger partial charge in [0, 0.05) is 15.6 Å². The molecular formula is C24H24ClNO2S. The van der Waals surface area contributed by atoms with Crippen molar-refractivity contribution < 1.29 is 9.53 Å². The maximum atomic E-state index is 13.0. The number of benzene rings is 2. The molecule has 150 valence electrons. The number of rotatable bonds is 4. The van der Waals surface area contributed by atoms with Crippen molar-refractivity contribution in [2.45, 2.75) is 34.2 Å². The molecular weight excluding hydrogens is 402 g/mol. The number of thiophene rings is 1. The van der Waals surface area contributed by atoms with Crippen LogP contribution in [0.2, 0.25) is 5.02 Å². The van der Waals surface area contributed by atoms with Crippen molar-refractivity contribution in [2.75, 3.05) is 11.5 Å². The predicted molar refractivity (Wildman–Crippen MR) is 121 cm³/mol. The van der Waals surface area contributed by atoms with Crippen molar-refractivity contribution in [3.05, 3.63) is 69.6 Å². The molecule has 3 aromatic rings. The van der Waals surface area contributed by atoms with Crippen LogP contribution in [0.5, 0.6) is 5.75 Å². The van der Waals surface area contributed by atoms with Gasteiger partial charge in [0.05, 0.1) is 18.0 Å². The summed E-state index contributed by atoms with van der Waals surface area (Å²) in [5.74, 6) is 0.933. The first-order chi connectivity index (χ1) is 13.7. The van der Waals surface area contributed by atoms with Gasteiger partial charge in [-0.1, -0.05) is 44.5 Å². The molecule has 29 heavy (non-hydrogen) atoms.